The monoisotopic (exact) mass is 523 g/mol. The first-order valence-electron chi connectivity index (χ1n) is 13.0. The lowest BCUT2D eigenvalue weighted by atomic mass is 9.85. The lowest BCUT2D eigenvalue weighted by Gasteiger charge is -2.31. The molecule has 3 aromatic carbocycles. The van der Waals surface area contributed by atoms with E-state index in [1.165, 1.54) is 31.0 Å². The summed E-state index contributed by atoms with van der Waals surface area (Å²) >= 11 is 0. The van der Waals surface area contributed by atoms with Crippen molar-refractivity contribution in [1.29, 1.82) is 0 Å². The van der Waals surface area contributed by atoms with Crippen LogP contribution in [0, 0.1) is 5.82 Å². The van der Waals surface area contributed by atoms with Gasteiger partial charge < -0.3 is 14.6 Å². The molecule has 1 fully saturated rings. The van der Waals surface area contributed by atoms with Crippen LogP contribution >= 0.6 is 0 Å². The van der Waals surface area contributed by atoms with Gasteiger partial charge in [-0.25, -0.2) is 13.2 Å². The van der Waals surface area contributed by atoms with Crippen LogP contribution in [0.5, 0.6) is 17.2 Å². The molecule has 1 saturated heterocycles. The van der Waals surface area contributed by atoms with Crippen molar-refractivity contribution in [3.8, 4) is 17.2 Å². The molecule has 3 aromatic rings. The Kier molecular flexibility index (Phi) is 7.39. The van der Waals surface area contributed by atoms with Crippen LogP contribution in [-0.4, -0.2) is 35.2 Å². The average molecular weight is 524 g/mol. The number of nitrogens with zero attached hydrogens (tertiary/aromatic N) is 1. The number of hydrogen-bond donors (Lipinski definition) is 1. The van der Waals surface area contributed by atoms with Gasteiger partial charge in [-0.1, -0.05) is 30.3 Å². The number of phenols is 1. The van der Waals surface area contributed by atoms with Crippen molar-refractivity contribution >= 4 is 11.1 Å². The number of rotatable bonds is 7. The maximum Gasteiger partial charge on any atom is 0.263 e. The molecule has 3 unspecified atom stereocenters. The largest absolute Gasteiger partial charge is 0.505 e. The van der Waals surface area contributed by atoms with Crippen LogP contribution in [0.15, 0.2) is 60.7 Å². The Morgan fingerprint density at radius 2 is 1.87 bits per heavy atom. The molecular weight excluding hydrogens is 491 g/mol. The summed E-state index contributed by atoms with van der Waals surface area (Å²) in [6, 6.07) is 17.0. The minimum absolute atomic E-state index is 0.0977. The van der Waals surface area contributed by atoms with E-state index in [0.29, 0.717) is 41.0 Å². The van der Waals surface area contributed by atoms with E-state index < -0.39 is 24.1 Å². The molecule has 7 heteroatoms. The molecule has 0 bridgehead atoms. The average Bonchev–Trinajstić information content (AvgIpc) is 3.34. The molecule has 2 aliphatic heterocycles. The summed E-state index contributed by atoms with van der Waals surface area (Å²) in [5, 5.41) is 9.98. The van der Waals surface area contributed by atoms with Gasteiger partial charge in [0.1, 0.15) is 24.2 Å². The van der Waals surface area contributed by atoms with E-state index in [1.54, 1.807) is 12.1 Å². The maximum absolute atomic E-state index is 14.2. The fraction of sp³-hybridized carbons (Fsp3) is 0.355. The number of aromatic hydroxyl groups is 1. The van der Waals surface area contributed by atoms with Crippen LogP contribution in [0.1, 0.15) is 68.4 Å². The fourth-order valence-corrected chi connectivity index (χ4v) is 5.57. The summed E-state index contributed by atoms with van der Waals surface area (Å²) < 4.78 is 53.6. The van der Waals surface area contributed by atoms with Crippen LogP contribution in [0.25, 0.3) is 11.1 Å². The summed E-state index contributed by atoms with van der Waals surface area (Å²) in [7, 11) is 0. The minimum atomic E-state index is -2.62. The van der Waals surface area contributed by atoms with E-state index in [0.717, 1.165) is 23.9 Å². The molecule has 0 radical (unpaired) electrons. The molecule has 5 rings (SSSR count). The second-order valence-electron chi connectivity index (χ2n) is 10.2. The highest BCUT2D eigenvalue weighted by Gasteiger charge is 2.31. The third-order valence-electron chi connectivity index (χ3n) is 7.66. The second-order valence-corrected chi connectivity index (χ2v) is 10.2. The Balaban J connectivity index is 1.46. The second kappa shape index (κ2) is 10.7. The van der Waals surface area contributed by atoms with Crippen LogP contribution in [0.3, 0.4) is 0 Å². The van der Waals surface area contributed by atoms with Gasteiger partial charge in [0.2, 0.25) is 0 Å². The zero-order valence-electron chi connectivity index (χ0n) is 21.8. The van der Waals surface area contributed by atoms with Crippen LogP contribution in [-0.2, 0) is 0 Å². The lowest BCUT2D eigenvalue weighted by molar-refractivity contribution is 0.141. The fourth-order valence-electron chi connectivity index (χ4n) is 5.57. The first-order chi connectivity index (χ1) is 18.2. The Bertz CT molecular complexity index is 1340. The van der Waals surface area contributed by atoms with Crippen molar-refractivity contribution in [3.05, 3.63) is 88.7 Å². The quantitative estimate of drug-likeness (QED) is 0.343. The number of fused-ring (bicyclic) bond motifs is 1. The summed E-state index contributed by atoms with van der Waals surface area (Å²) in [6.45, 7) is 7.91. The van der Waals surface area contributed by atoms with Crippen LogP contribution < -0.4 is 9.47 Å². The maximum atomic E-state index is 14.2. The van der Waals surface area contributed by atoms with E-state index in [9.17, 15) is 18.3 Å². The molecule has 38 heavy (non-hydrogen) atoms. The van der Waals surface area contributed by atoms with Crippen LogP contribution in [0.2, 0.25) is 0 Å². The standard InChI is InChI=1S/C31H32F3NO3/c1-18-6-5-13-35(18)19(2)17-37-24-11-9-21(10-12-24)30-29(22-7-4-8-23(14-22)31(33)34)20(3)25-15-27(36)26(32)16-28(25)38-30/h4,7-12,14-16,18-19,30-31,36H,5-6,13,17H2,1-3H3. The number of likely N-dealkylation sites (tertiary alicyclic amines) is 1. The number of allylic oxidation sites excluding steroid dienone is 1. The molecule has 0 aliphatic carbocycles. The van der Waals surface area contributed by atoms with E-state index >= 15 is 0 Å². The SMILES string of the molecule is CC1=C(c2cccc(C(F)F)c2)C(c2ccc(OCC(C)N3CCCC3C)cc2)Oc2cc(F)c(O)cc21. The highest BCUT2D eigenvalue weighted by atomic mass is 19.3. The number of ether oxygens (including phenoxy) is 2. The van der Waals surface area contributed by atoms with Gasteiger partial charge in [0.15, 0.2) is 11.6 Å². The number of hydrogen-bond acceptors (Lipinski definition) is 4. The molecule has 0 saturated carbocycles. The number of phenolic OH excluding ortho intramolecular Hbond substituents is 1. The van der Waals surface area contributed by atoms with Gasteiger partial charge in [-0.3, -0.25) is 4.90 Å². The molecule has 0 spiro atoms. The van der Waals surface area contributed by atoms with Gasteiger partial charge in [-0.15, -0.1) is 0 Å². The van der Waals surface area contributed by atoms with Crippen molar-refractivity contribution in [2.75, 3.05) is 13.2 Å². The highest BCUT2D eigenvalue weighted by Crippen LogP contribution is 2.48. The minimum Gasteiger partial charge on any atom is -0.505 e. The number of halogens is 3. The first-order valence-corrected chi connectivity index (χ1v) is 13.0. The zero-order valence-corrected chi connectivity index (χ0v) is 21.8. The highest BCUT2D eigenvalue weighted by molar-refractivity contribution is 5.95. The van der Waals surface area contributed by atoms with Crippen LogP contribution in [0.4, 0.5) is 13.2 Å². The summed E-state index contributed by atoms with van der Waals surface area (Å²) in [5.74, 6) is -0.277. The van der Waals surface area contributed by atoms with Crippen molar-refractivity contribution < 1.29 is 27.8 Å². The van der Waals surface area contributed by atoms with Crippen molar-refractivity contribution in [2.24, 2.45) is 0 Å². The molecule has 1 N–H and O–H groups in total. The number of alkyl halides is 2. The molecule has 4 nitrogen and oxygen atoms in total. The first kappa shape index (κ1) is 26.2. The normalized spacial score (nSPS) is 20.4. The summed E-state index contributed by atoms with van der Waals surface area (Å²) in [5.41, 5.74) is 3.16. The lowest BCUT2D eigenvalue weighted by Crippen LogP contribution is -2.39. The van der Waals surface area contributed by atoms with E-state index in [4.69, 9.17) is 9.47 Å². The zero-order chi connectivity index (χ0) is 27.0. The van der Waals surface area contributed by atoms with Gasteiger partial charge in [0.25, 0.3) is 6.43 Å². The molecule has 2 heterocycles. The molecule has 0 amide bonds. The Labute approximate surface area is 221 Å². The van der Waals surface area contributed by atoms with E-state index in [-0.39, 0.29) is 11.3 Å². The Hall–Kier alpha value is -3.45. The topological polar surface area (TPSA) is 41.9 Å². The van der Waals surface area contributed by atoms with Gasteiger partial charge in [-0.2, -0.15) is 0 Å². The van der Waals surface area contributed by atoms with Gasteiger partial charge >= 0.3 is 0 Å². The number of benzene rings is 3. The van der Waals surface area contributed by atoms with E-state index in [2.05, 4.69) is 18.7 Å². The predicted octanol–water partition coefficient (Wildman–Crippen LogP) is 7.78. The van der Waals surface area contributed by atoms with Crippen molar-refractivity contribution in [2.45, 2.75) is 58.2 Å². The van der Waals surface area contributed by atoms with E-state index in [1.807, 2.05) is 31.2 Å². The van der Waals surface area contributed by atoms with Gasteiger partial charge in [-0.05, 0) is 81.1 Å². The van der Waals surface area contributed by atoms with Crippen molar-refractivity contribution in [1.82, 2.24) is 4.90 Å². The predicted molar refractivity (Wildman–Crippen MR) is 142 cm³/mol. The summed E-state index contributed by atoms with van der Waals surface area (Å²) in [6.07, 6.45) is -0.865. The smallest absolute Gasteiger partial charge is 0.263 e. The third kappa shape index (κ3) is 5.12. The molecular formula is C31H32F3NO3. The van der Waals surface area contributed by atoms with Crippen molar-refractivity contribution in [3.63, 3.8) is 0 Å². The Morgan fingerprint density at radius 3 is 2.55 bits per heavy atom. The van der Waals surface area contributed by atoms with Gasteiger partial charge in [0.05, 0.1) is 0 Å². The Morgan fingerprint density at radius 1 is 1.11 bits per heavy atom. The molecule has 3 atom stereocenters. The molecule has 0 aromatic heterocycles. The van der Waals surface area contributed by atoms with Gasteiger partial charge in [0, 0.05) is 34.9 Å². The summed E-state index contributed by atoms with van der Waals surface area (Å²) in [4.78, 5) is 2.46. The molecule has 2 aliphatic rings. The molecule has 200 valence electrons. The third-order valence-corrected chi connectivity index (χ3v) is 7.66.